The van der Waals surface area contributed by atoms with Gasteiger partial charge in [0.15, 0.2) is 0 Å². The Balaban J connectivity index is 2.22. The molecular formula is C29H38N2O5. The first-order chi connectivity index (χ1) is 16.7. The molecule has 36 heavy (non-hydrogen) atoms. The summed E-state index contributed by atoms with van der Waals surface area (Å²) in [5.74, 6) is -1.23. The van der Waals surface area contributed by atoms with Crippen molar-refractivity contribution in [3.63, 3.8) is 0 Å². The van der Waals surface area contributed by atoms with Crippen molar-refractivity contribution < 1.29 is 24.2 Å². The number of carboxylic acids is 1. The van der Waals surface area contributed by atoms with E-state index in [9.17, 15) is 19.5 Å². The lowest BCUT2D eigenvalue weighted by atomic mass is 9.83. The molecule has 1 aliphatic heterocycles. The highest BCUT2D eigenvalue weighted by atomic mass is 16.5. The van der Waals surface area contributed by atoms with Crippen LogP contribution in [0.3, 0.4) is 0 Å². The summed E-state index contributed by atoms with van der Waals surface area (Å²) < 4.78 is 5.61. The minimum absolute atomic E-state index is 0.00328. The lowest BCUT2D eigenvalue weighted by molar-refractivity contribution is -0.143. The number of hydrogen-bond donors (Lipinski definition) is 2. The largest absolute Gasteiger partial charge is 0.496 e. The normalized spacial score (nSPS) is 17.3. The summed E-state index contributed by atoms with van der Waals surface area (Å²) in [4.78, 5) is 41.4. The number of nitrogens with one attached hydrogen (secondary N) is 1. The number of fused-ring (bicyclic) bond motifs is 1. The van der Waals surface area contributed by atoms with E-state index in [0.717, 1.165) is 5.56 Å². The number of anilines is 1. The molecule has 2 amide bonds. The Labute approximate surface area is 213 Å². The van der Waals surface area contributed by atoms with E-state index in [1.54, 1.807) is 37.4 Å². The molecular weight excluding hydrogens is 456 g/mol. The van der Waals surface area contributed by atoms with Crippen LogP contribution in [0.2, 0.25) is 0 Å². The van der Waals surface area contributed by atoms with Gasteiger partial charge in [0.2, 0.25) is 0 Å². The highest BCUT2D eigenvalue weighted by molar-refractivity contribution is 6.14. The van der Waals surface area contributed by atoms with Crippen molar-refractivity contribution >= 4 is 23.5 Å². The number of nitrogens with zero attached hydrogens (tertiary/aromatic N) is 1. The van der Waals surface area contributed by atoms with Gasteiger partial charge in [0.1, 0.15) is 11.3 Å². The first-order valence-corrected chi connectivity index (χ1v) is 12.4. The van der Waals surface area contributed by atoms with Crippen LogP contribution in [0.5, 0.6) is 5.75 Å². The fourth-order valence-corrected chi connectivity index (χ4v) is 5.10. The topological polar surface area (TPSA) is 95.9 Å². The highest BCUT2D eigenvalue weighted by Crippen LogP contribution is 2.45. The van der Waals surface area contributed by atoms with Gasteiger partial charge in [-0.3, -0.25) is 14.5 Å². The number of amides is 2. The smallest absolute Gasteiger partial charge is 0.330 e. The molecule has 0 fully saturated rings. The molecule has 0 bridgehead atoms. The molecule has 0 aliphatic carbocycles. The first kappa shape index (κ1) is 27.2. The lowest BCUT2D eigenvalue weighted by Gasteiger charge is -2.36. The molecule has 0 spiro atoms. The van der Waals surface area contributed by atoms with E-state index >= 15 is 0 Å². The summed E-state index contributed by atoms with van der Waals surface area (Å²) in [6.07, 6.45) is 0.297. The first-order valence-electron chi connectivity index (χ1n) is 12.4. The predicted molar refractivity (Wildman–Crippen MR) is 141 cm³/mol. The van der Waals surface area contributed by atoms with Gasteiger partial charge >= 0.3 is 5.97 Å². The SMILES string of the molecule is COc1cc(C(=O)N2c3cccc(C(=O)NC(C)C)c3CC2(CC(C)C)C(=O)O)ccc1C(C)(C)C. The van der Waals surface area contributed by atoms with Crippen molar-refractivity contribution in [2.75, 3.05) is 12.0 Å². The van der Waals surface area contributed by atoms with E-state index in [-0.39, 0.29) is 36.1 Å². The molecule has 3 rings (SSSR count). The summed E-state index contributed by atoms with van der Waals surface area (Å²) in [7, 11) is 1.56. The Morgan fingerprint density at radius 2 is 1.78 bits per heavy atom. The summed E-state index contributed by atoms with van der Waals surface area (Å²) in [6.45, 7) is 13.8. The van der Waals surface area contributed by atoms with Crippen LogP contribution >= 0.6 is 0 Å². The zero-order valence-corrected chi connectivity index (χ0v) is 22.6. The molecule has 0 saturated heterocycles. The van der Waals surface area contributed by atoms with E-state index in [2.05, 4.69) is 26.1 Å². The molecule has 0 aromatic heterocycles. The third kappa shape index (κ3) is 4.97. The van der Waals surface area contributed by atoms with Gasteiger partial charge in [-0.05, 0) is 67.0 Å². The van der Waals surface area contributed by atoms with Crippen molar-refractivity contribution in [2.45, 2.75) is 78.3 Å². The van der Waals surface area contributed by atoms with Gasteiger partial charge in [-0.25, -0.2) is 4.79 Å². The third-order valence-corrected chi connectivity index (χ3v) is 6.56. The fraction of sp³-hybridized carbons (Fsp3) is 0.483. The van der Waals surface area contributed by atoms with Gasteiger partial charge < -0.3 is 15.2 Å². The van der Waals surface area contributed by atoms with Crippen LogP contribution in [0.25, 0.3) is 0 Å². The number of carbonyl (C=O) groups excluding carboxylic acids is 2. The van der Waals surface area contributed by atoms with Crippen LogP contribution in [-0.2, 0) is 16.6 Å². The standard InChI is InChI=1S/C29H38N2O5/c1-17(2)15-29(27(34)35)16-21-20(25(32)30-18(3)4)10-9-11-23(21)31(29)26(33)19-12-13-22(28(5,6)7)24(14-19)36-8/h9-14,17-18H,15-16H2,1-8H3,(H,30,32)(H,34,35). The molecule has 0 saturated carbocycles. The van der Waals surface area contributed by atoms with Crippen molar-refractivity contribution in [1.29, 1.82) is 0 Å². The number of aliphatic carboxylic acids is 1. The summed E-state index contributed by atoms with van der Waals surface area (Å²) in [6, 6.07) is 10.3. The molecule has 7 nitrogen and oxygen atoms in total. The number of ether oxygens (including phenoxy) is 1. The maximum absolute atomic E-state index is 14.1. The molecule has 1 aliphatic rings. The van der Waals surface area contributed by atoms with Crippen molar-refractivity contribution in [2.24, 2.45) is 5.92 Å². The quantitative estimate of drug-likeness (QED) is 0.551. The molecule has 2 N–H and O–H groups in total. The van der Waals surface area contributed by atoms with Crippen LogP contribution in [0, 0.1) is 5.92 Å². The number of rotatable bonds is 7. The lowest BCUT2D eigenvalue weighted by Crippen LogP contribution is -2.56. The number of methoxy groups -OCH3 is 1. The second kappa shape index (κ2) is 9.96. The van der Waals surface area contributed by atoms with Gasteiger partial charge in [-0.1, -0.05) is 46.8 Å². The minimum Gasteiger partial charge on any atom is -0.496 e. The summed E-state index contributed by atoms with van der Waals surface area (Å²) in [5.41, 5.74) is 0.989. The Hall–Kier alpha value is -3.35. The van der Waals surface area contributed by atoms with Crippen molar-refractivity contribution in [3.05, 3.63) is 58.7 Å². The van der Waals surface area contributed by atoms with Crippen molar-refractivity contribution in [1.82, 2.24) is 5.32 Å². The number of carboxylic acid groups (broad SMARTS) is 1. The molecule has 1 atom stereocenters. The highest BCUT2D eigenvalue weighted by Gasteiger charge is 2.54. The fourth-order valence-electron chi connectivity index (χ4n) is 5.10. The van der Waals surface area contributed by atoms with E-state index in [1.807, 2.05) is 33.8 Å². The molecule has 1 unspecified atom stereocenters. The average Bonchev–Trinajstić information content (AvgIpc) is 3.11. The second-order valence-corrected chi connectivity index (χ2v) is 11.3. The zero-order valence-electron chi connectivity index (χ0n) is 22.6. The van der Waals surface area contributed by atoms with Crippen LogP contribution < -0.4 is 15.0 Å². The van der Waals surface area contributed by atoms with Gasteiger partial charge in [0.05, 0.1) is 7.11 Å². The molecule has 2 aromatic rings. The Kier molecular flexibility index (Phi) is 7.53. The van der Waals surface area contributed by atoms with E-state index in [1.165, 1.54) is 4.90 Å². The second-order valence-electron chi connectivity index (χ2n) is 11.3. The maximum atomic E-state index is 14.1. The number of hydrogen-bond acceptors (Lipinski definition) is 4. The van der Waals surface area contributed by atoms with E-state index in [4.69, 9.17) is 4.74 Å². The number of benzene rings is 2. The van der Waals surface area contributed by atoms with Gasteiger partial charge in [0, 0.05) is 29.3 Å². The van der Waals surface area contributed by atoms with Gasteiger partial charge in [0.25, 0.3) is 11.8 Å². The predicted octanol–water partition coefficient (Wildman–Crippen LogP) is 5.20. The molecule has 0 radical (unpaired) electrons. The zero-order chi connectivity index (χ0) is 27.0. The van der Waals surface area contributed by atoms with Gasteiger partial charge in [-0.15, -0.1) is 0 Å². The molecule has 194 valence electrons. The maximum Gasteiger partial charge on any atom is 0.330 e. The third-order valence-electron chi connectivity index (χ3n) is 6.56. The average molecular weight is 495 g/mol. The Morgan fingerprint density at radius 3 is 2.31 bits per heavy atom. The summed E-state index contributed by atoms with van der Waals surface area (Å²) >= 11 is 0. The minimum atomic E-state index is -1.52. The monoisotopic (exact) mass is 494 g/mol. The Morgan fingerprint density at radius 1 is 1.11 bits per heavy atom. The van der Waals surface area contributed by atoms with E-state index < -0.39 is 17.4 Å². The Bertz CT molecular complexity index is 1180. The van der Waals surface area contributed by atoms with Crippen LogP contribution in [0.15, 0.2) is 36.4 Å². The van der Waals surface area contributed by atoms with Crippen LogP contribution in [0.4, 0.5) is 5.69 Å². The van der Waals surface area contributed by atoms with E-state index in [0.29, 0.717) is 28.1 Å². The molecule has 7 heteroatoms. The molecule has 1 heterocycles. The van der Waals surface area contributed by atoms with Crippen molar-refractivity contribution in [3.8, 4) is 5.75 Å². The van der Waals surface area contributed by atoms with Crippen LogP contribution in [0.1, 0.15) is 86.7 Å². The molecule has 2 aromatic carbocycles. The van der Waals surface area contributed by atoms with Gasteiger partial charge in [-0.2, -0.15) is 0 Å². The summed E-state index contributed by atoms with van der Waals surface area (Å²) in [5, 5.41) is 13.4. The number of carbonyl (C=O) groups is 3. The van der Waals surface area contributed by atoms with Crippen LogP contribution in [-0.4, -0.2) is 41.6 Å².